The number of carboxylic acids is 1. The lowest BCUT2D eigenvalue weighted by Crippen LogP contribution is -2.47. The standard InChI is InChI=1S/C29H24BrNO5/c1-29(2,36-23-16-13-20-7-3-4-8-21(20)18-23)28(34)31-25(27(32)33)17-19-11-14-22(15-12-19)35-26-10-6-5-9-24(26)30/h3-18H,1-2H3,(H,31,34)(H,32,33)/b25-17+. The monoisotopic (exact) mass is 545 g/mol. The number of para-hydroxylation sites is 1. The zero-order valence-corrected chi connectivity index (χ0v) is 21.3. The molecule has 0 aliphatic rings. The number of carbonyl (C=O) groups is 2. The smallest absolute Gasteiger partial charge is 0.352 e. The number of nitrogens with one attached hydrogen (secondary N) is 1. The summed E-state index contributed by atoms with van der Waals surface area (Å²) in [7, 11) is 0. The maximum Gasteiger partial charge on any atom is 0.352 e. The van der Waals surface area contributed by atoms with Gasteiger partial charge in [-0.2, -0.15) is 0 Å². The van der Waals surface area contributed by atoms with E-state index in [9.17, 15) is 14.7 Å². The molecule has 36 heavy (non-hydrogen) atoms. The van der Waals surface area contributed by atoms with Crippen LogP contribution < -0.4 is 14.8 Å². The van der Waals surface area contributed by atoms with Gasteiger partial charge in [-0.25, -0.2) is 4.79 Å². The Labute approximate surface area is 217 Å². The largest absolute Gasteiger partial charge is 0.478 e. The van der Waals surface area contributed by atoms with Crippen molar-refractivity contribution in [2.45, 2.75) is 19.4 Å². The van der Waals surface area contributed by atoms with Gasteiger partial charge in [0.25, 0.3) is 5.91 Å². The highest BCUT2D eigenvalue weighted by Crippen LogP contribution is 2.29. The van der Waals surface area contributed by atoms with Gasteiger partial charge in [0.15, 0.2) is 5.60 Å². The fourth-order valence-electron chi connectivity index (χ4n) is 3.45. The van der Waals surface area contributed by atoms with Crippen LogP contribution in [0.2, 0.25) is 0 Å². The molecule has 0 aromatic heterocycles. The quantitative estimate of drug-likeness (QED) is 0.238. The zero-order chi connectivity index (χ0) is 25.7. The lowest BCUT2D eigenvalue weighted by Gasteiger charge is -2.25. The summed E-state index contributed by atoms with van der Waals surface area (Å²) in [5.41, 5.74) is -1.01. The highest BCUT2D eigenvalue weighted by atomic mass is 79.9. The number of carbonyl (C=O) groups excluding carboxylic acids is 1. The van der Waals surface area contributed by atoms with E-state index in [2.05, 4.69) is 21.2 Å². The van der Waals surface area contributed by atoms with Crippen LogP contribution in [0.15, 0.2) is 101 Å². The maximum atomic E-state index is 13.0. The first-order valence-electron chi connectivity index (χ1n) is 11.2. The fourth-order valence-corrected chi connectivity index (χ4v) is 3.81. The Hall–Kier alpha value is -4.10. The minimum atomic E-state index is -1.32. The van der Waals surface area contributed by atoms with Gasteiger partial charge < -0.3 is 19.9 Å². The maximum absolute atomic E-state index is 13.0. The molecule has 4 aromatic carbocycles. The van der Waals surface area contributed by atoms with Crippen molar-refractivity contribution in [3.63, 3.8) is 0 Å². The van der Waals surface area contributed by atoms with Gasteiger partial charge in [-0.1, -0.05) is 54.6 Å². The Morgan fingerprint density at radius 2 is 1.50 bits per heavy atom. The SMILES string of the molecule is CC(C)(Oc1ccc2ccccc2c1)C(=O)N/C(=C/c1ccc(Oc2ccccc2Br)cc1)C(=O)O. The molecular weight excluding hydrogens is 522 g/mol. The summed E-state index contributed by atoms with van der Waals surface area (Å²) in [6.45, 7) is 3.18. The number of carboxylic acid groups (broad SMARTS) is 1. The number of benzene rings is 4. The summed E-state index contributed by atoms with van der Waals surface area (Å²) in [6, 6.07) is 27.7. The van der Waals surface area contributed by atoms with Gasteiger partial charge in [0.05, 0.1) is 4.47 Å². The highest BCUT2D eigenvalue weighted by Gasteiger charge is 2.31. The molecule has 0 saturated heterocycles. The predicted molar refractivity (Wildman–Crippen MR) is 143 cm³/mol. The Balaban J connectivity index is 1.46. The van der Waals surface area contributed by atoms with Crippen molar-refractivity contribution >= 4 is 44.7 Å². The Kier molecular flexibility index (Phi) is 7.41. The molecule has 0 aliphatic heterocycles. The number of amides is 1. The van der Waals surface area contributed by atoms with Crippen molar-refractivity contribution in [3.8, 4) is 17.2 Å². The minimum Gasteiger partial charge on any atom is -0.478 e. The second-order valence-electron chi connectivity index (χ2n) is 8.54. The van der Waals surface area contributed by atoms with Gasteiger partial charge in [0, 0.05) is 0 Å². The summed E-state index contributed by atoms with van der Waals surface area (Å²) < 4.78 is 12.6. The normalized spacial score (nSPS) is 11.7. The highest BCUT2D eigenvalue weighted by molar-refractivity contribution is 9.10. The topological polar surface area (TPSA) is 84.9 Å². The van der Waals surface area contributed by atoms with E-state index >= 15 is 0 Å². The summed E-state index contributed by atoms with van der Waals surface area (Å²) in [4.78, 5) is 24.8. The molecule has 0 spiro atoms. The molecule has 0 aliphatic carbocycles. The average molecular weight is 546 g/mol. The molecular formula is C29H24BrNO5. The molecule has 0 unspecified atom stereocenters. The van der Waals surface area contributed by atoms with Gasteiger partial charge in [-0.15, -0.1) is 0 Å². The molecule has 182 valence electrons. The van der Waals surface area contributed by atoms with Gasteiger partial charge >= 0.3 is 5.97 Å². The third-order valence-electron chi connectivity index (χ3n) is 5.37. The van der Waals surface area contributed by atoms with E-state index in [1.165, 1.54) is 6.08 Å². The van der Waals surface area contributed by atoms with Crippen LogP contribution in [0, 0.1) is 0 Å². The summed E-state index contributed by atoms with van der Waals surface area (Å²) in [5.74, 6) is -0.0928. The Morgan fingerprint density at radius 1 is 0.861 bits per heavy atom. The number of rotatable bonds is 8. The first-order chi connectivity index (χ1) is 17.2. The van der Waals surface area contributed by atoms with Crippen LogP contribution in [0.25, 0.3) is 16.8 Å². The Bertz CT molecular complexity index is 1440. The van der Waals surface area contributed by atoms with E-state index in [4.69, 9.17) is 9.47 Å². The van der Waals surface area contributed by atoms with Crippen LogP contribution in [-0.2, 0) is 9.59 Å². The first kappa shape index (κ1) is 25.0. The molecule has 1 amide bonds. The van der Waals surface area contributed by atoms with E-state index in [1.807, 2.05) is 60.7 Å². The lowest BCUT2D eigenvalue weighted by atomic mass is 10.1. The molecule has 2 N–H and O–H groups in total. The van der Waals surface area contributed by atoms with Crippen LogP contribution in [-0.4, -0.2) is 22.6 Å². The van der Waals surface area contributed by atoms with Crippen LogP contribution >= 0.6 is 15.9 Å². The number of hydrogen-bond donors (Lipinski definition) is 2. The van der Waals surface area contributed by atoms with Crippen LogP contribution in [0.4, 0.5) is 0 Å². The van der Waals surface area contributed by atoms with Crippen LogP contribution in [0.3, 0.4) is 0 Å². The summed E-state index contributed by atoms with van der Waals surface area (Å²) >= 11 is 3.44. The molecule has 0 bridgehead atoms. The zero-order valence-electron chi connectivity index (χ0n) is 19.7. The molecule has 7 heteroatoms. The summed E-state index contributed by atoms with van der Waals surface area (Å²) in [5, 5.41) is 14.2. The number of hydrogen-bond acceptors (Lipinski definition) is 4. The van der Waals surface area contributed by atoms with Gasteiger partial charge in [0.2, 0.25) is 0 Å². The average Bonchev–Trinajstić information content (AvgIpc) is 2.85. The molecule has 0 heterocycles. The number of aliphatic carboxylic acids is 1. The van der Waals surface area contributed by atoms with E-state index < -0.39 is 17.5 Å². The van der Waals surface area contributed by atoms with Gasteiger partial charge in [-0.05, 0) is 88.6 Å². The van der Waals surface area contributed by atoms with Gasteiger partial charge in [-0.3, -0.25) is 4.79 Å². The fraction of sp³-hybridized carbons (Fsp3) is 0.103. The molecule has 6 nitrogen and oxygen atoms in total. The molecule has 0 fully saturated rings. The molecule has 4 rings (SSSR count). The molecule has 0 radical (unpaired) electrons. The van der Waals surface area contributed by atoms with Crippen molar-refractivity contribution in [2.24, 2.45) is 0 Å². The van der Waals surface area contributed by atoms with E-state index in [1.54, 1.807) is 44.2 Å². The van der Waals surface area contributed by atoms with Crippen molar-refractivity contribution in [1.29, 1.82) is 0 Å². The lowest BCUT2D eigenvalue weighted by molar-refractivity contribution is -0.138. The van der Waals surface area contributed by atoms with E-state index in [0.717, 1.165) is 15.2 Å². The summed E-state index contributed by atoms with van der Waals surface area (Å²) in [6.07, 6.45) is 1.38. The Morgan fingerprint density at radius 3 is 2.19 bits per heavy atom. The van der Waals surface area contributed by atoms with Crippen LogP contribution in [0.1, 0.15) is 19.4 Å². The number of ether oxygens (including phenoxy) is 2. The van der Waals surface area contributed by atoms with Crippen molar-refractivity contribution in [3.05, 3.63) is 107 Å². The van der Waals surface area contributed by atoms with Gasteiger partial charge in [0.1, 0.15) is 22.9 Å². The van der Waals surface area contributed by atoms with Crippen molar-refractivity contribution in [2.75, 3.05) is 0 Å². The third kappa shape index (κ3) is 6.12. The number of halogens is 1. The molecule has 4 aromatic rings. The van der Waals surface area contributed by atoms with Crippen molar-refractivity contribution < 1.29 is 24.2 Å². The third-order valence-corrected chi connectivity index (χ3v) is 6.03. The second-order valence-corrected chi connectivity index (χ2v) is 9.39. The minimum absolute atomic E-state index is 0.269. The predicted octanol–water partition coefficient (Wildman–Crippen LogP) is 6.79. The molecule has 0 saturated carbocycles. The second kappa shape index (κ2) is 10.7. The van der Waals surface area contributed by atoms with Crippen LogP contribution in [0.5, 0.6) is 17.2 Å². The van der Waals surface area contributed by atoms with E-state index in [0.29, 0.717) is 22.8 Å². The number of fused-ring (bicyclic) bond motifs is 1. The van der Waals surface area contributed by atoms with E-state index in [-0.39, 0.29) is 5.70 Å². The first-order valence-corrected chi connectivity index (χ1v) is 12.0. The van der Waals surface area contributed by atoms with Crippen molar-refractivity contribution in [1.82, 2.24) is 5.32 Å². The molecule has 0 atom stereocenters.